The minimum absolute atomic E-state index is 0.0909. The first-order chi connectivity index (χ1) is 6.22. The molecule has 0 bridgehead atoms. The molecule has 0 saturated carbocycles. The van der Waals surface area contributed by atoms with E-state index >= 15 is 0 Å². The number of nitrogens with one attached hydrogen (secondary N) is 1. The quantitative estimate of drug-likeness (QED) is 0.716. The van der Waals surface area contributed by atoms with Crippen LogP contribution in [-0.2, 0) is 4.79 Å². The minimum Gasteiger partial charge on any atom is -0.363 e. The highest BCUT2D eigenvalue weighted by Crippen LogP contribution is 2.05. The lowest BCUT2D eigenvalue weighted by molar-refractivity contribution is -0.116. The monoisotopic (exact) mass is 183 g/mol. The summed E-state index contributed by atoms with van der Waals surface area (Å²) in [6.07, 6.45) is 1.81. The van der Waals surface area contributed by atoms with Gasteiger partial charge in [0.1, 0.15) is 6.26 Å². The Morgan fingerprint density at radius 3 is 3.15 bits per heavy atom. The first-order valence-electron chi connectivity index (χ1n) is 4.12. The predicted molar refractivity (Wildman–Crippen MR) is 48.0 cm³/mol. The van der Waals surface area contributed by atoms with Gasteiger partial charge in [-0.05, 0) is 12.5 Å². The van der Waals surface area contributed by atoms with Gasteiger partial charge < -0.3 is 15.6 Å². The number of rotatable bonds is 4. The Morgan fingerprint density at radius 2 is 2.62 bits per heavy atom. The van der Waals surface area contributed by atoms with Gasteiger partial charge in [0.2, 0.25) is 5.91 Å². The first-order valence-corrected chi connectivity index (χ1v) is 4.12. The summed E-state index contributed by atoms with van der Waals surface area (Å²) in [7, 11) is 0. The molecule has 0 spiro atoms. The van der Waals surface area contributed by atoms with E-state index in [0.29, 0.717) is 18.8 Å². The van der Waals surface area contributed by atoms with Gasteiger partial charge in [-0.25, -0.2) is 0 Å². The molecule has 0 aliphatic carbocycles. The van der Waals surface area contributed by atoms with Crippen LogP contribution < -0.4 is 11.1 Å². The molecule has 0 aliphatic rings. The van der Waals surface area contributed by atoms with E-state index in [1.54, 1.807) is 6.07 Å². The molecule has 13 heavy (non-hydrogen) atoms. The van der Waals surface area contributed by atoms with E-state index < -0.39 is 0 Å². The SMILES string of the molecule is CC(CN)CC(=O)Nc1ccon1. The Labute approximate surface area is 76.3 Å². The van der Waals surface area contributed by atoms with Crippen molar-refractivity contribution < 1.29 is 9.32 Å². The van der Waals surface area contributed by atoms with Gasteiger partial charge in [0.25, 0.3) is 0 Å². The topological polar surface area (TPSA) is 81.2 Å². The van der Waals surface area contributed by atoms with E-state index in [1.165, 1.54) is 6.26 Å². The van der Waals surface area contributed by atoms with Crippen molar-refractivity contribution in [3.8, 4) is 0 Å². The average molecular weight is 183 g/mol. The van der Waals surface area contributed by atoms with Crippen molar-refractivity contribution in [3.05, 3.63) is 12.3 Å². The number of aromatic nitrogens is 1. The van der Waals surface area contributed by atoms with Crippen molar-refractivity contribution in [2.45, 2.75) is 13.3 Å². The van der Waals surface area contributed by atoms with Crippen LogP contribution in [0.25, 0.3) is 0 Å². The smallest absolute Gasteiger partial charge is 0.225 e. The Hall–Kier alpha value is -1.36. The Kier molecular flexibility index (Phi) is 3.45. The number of carbonyl (C=O) groups is 1. The van der Waals surface area contributed by atoms with Gasteiger partial charge in [0.15, 0.2) is 5.82 Å². The van der Waals surface area contributed by atoms with E-state index in [4.69, 9.17) is 5.73 Å². The fourth-order valence-electron chi connectivity index (χ4n) is 0.871. The maximum Gasteiger partial charge on any atom is 0.225 e. The lowest BCUT2D eigenvalue weighted by atomic mass is 10.1. The molecule has 0 aliphatic heterocycles. The van der Waals surface area contributed by atoms with Crippen molar-refractivity contribution in [3.63, 3.8) is 0 Å². The normalized spacial score (nSPS) is 12.5. The second-order valence-electron chi connectivity index (χ2n) is 2.98. The molecule has 1 aromatic rings. The number of hydrogen-bond donors (Lipinski definition) is 2. The highest BCUT2D eigenvalue weighted by Gasteiger charge is 2.08. The molecule has 0 saturated heterocycles. The summed E-state index contributed by atoms with van der Waals surface area (Å²) in [6.45, 7) is 2.43. The molecule has 1 amide bonds. The van der Waals surface area contributed by atoms with Gasteiger partial charge in [0.05, 0.1) is 0 Å². The fourth-order valence-corrected chi connectivity index (χ4v) is 0.871. The highest BCUT2D eigenvalue weighted by molar-refractivity contribution is 5.89. The third kappa shape index (κ3) is 3.25. The standard InChI is InChI=1S/C8H13N3O2/c1-6(5-9)4-8(12)10-7-2-3-13-11-7/h2-3,6H,4-5,9H2,1H3,(H,10,11,12). The van der Waals surface area contributed by atoms with Gasteiger partial charge in [-0.1, -0.05) is 12.1 Å². The Balaban J connectivity index is 2.34. The van der Waals surface area contributed by atoms with Crippen LogP contribution in [0.2, 0.25) is 0 Å². The molecule has 0 fully saturated rings. The summed E-state index contributed by atoms with van der Waals surface area (Å²) < 4.78 is 4.56. The molecule has 1 heterocycles. The van der Waals surface area contributed by atoms with Crippen molar-refractivity contribution in [2.24, 2.45) is 11.7 Å². The molecular formula is C8H13N3O2. The summed E-state index contributed by atoms with van der Waals surface area (Å²) in [4.78, 5) is 11.2. The third-order valence-corrected chi connectivity index (χ3v) is 1.64. The number of carbonyl (C=O) groups excluding carboxylic acids is 1. The predicted octanol–water partition coefficient (Wildman–Crippen LogP) is 0.598. The summed E-state index contributed by atoms with van der Waals surface area (Å²) in [5.41, 5.74) is 5.38. The summed E-state index contributed by atoms with van der Waals surface area (Å²) in [5, 5.41) is 6.14. The maximum absolute atomic E-state index is 11.2. The number of nitrogens with two attached hydrogens (primary N) is 1. The van der Waals surface area contributed by atoms with Crippen LogP contribution in [-0.4, -0.2) is 17.6 Å². The zero-order valence-corrected chi connectivity index (χ0v) is 7.49. The molecular weight excluding hydrogens is 170 g/mol. The number of anilines is 1. The van der Waals surface area contributed by atoms with E-state index in [-0.39, 0.29) is 11.8 Å². The zero-order valence-electron chi connectivity index (χ0n) is 7.49. The van der Waals surface area contributed by atoms with Crippen LogP contribution in [0.3, 0.4) is 0 Å². The van der Waals surface area contributed by atoms with Crippen LogP contribution in [0.4, 0.5) is 5.82 Å². The molecule has 5 heteroatoms. The first kappa shape index (κ1) is 9.73. The molecule has 1 unspecified atom stereocenters. The second kappa shape index (κ2) is 4.61. The Bertz CT molecular complexity index is 258. The summed E-state index contributed by atoms with van der Waals surface area (Å²) >= 11 is 0. The number of hydrogen-bond acceptors (Lipinski definition) is 4. The summed E-state index contributed by atoms with van der Waals surface area (Å²) in [6, 6.07) is 1.59. The van der Waals surface area contributed by atoms with E-state index in [1.807, 2.05) is 6.92 Å². The van der Waals surface area contributed by atoms with E-state index in [9.17, 15) is 4.79 Å². The van der Waals surface area contributed by atoms with Crippen molar-refractivity contribution in [1.29, 1.82) is 0 Å². The largest absolute Gasteiger partial charge is 0.363 e. The van der Waals surface area contributed by atoms with Gasteiger partial charge in [-0.15, -0.1) is 0 Å². The fraction of sp³-hybridized carbons (Fsp3) is 0.500. The van der Waals surface area contributed by atoms with Crippen molar-refractivity contribution in [2.75, 3.05) is 11.9 Å². The third-order valence-electron chi connectivity index (χ3n) is 1.64. The zero-order chi connectivity index (χ0) is 9.68. The number of amides is 1. The van der Waals surface area contributed by atoms with Crippen molar-refractivity contribution >= 4 is 11.7 Å². The second-order valence-corrected chi connectivity index (χ2v) is 2.98. The van der Waals surface area contributed by atoms with E-state index in [2.05, 4.69) is 15.0 Å². The molecule has 1 atom stereocenters. The van der Waals surface area contributed by atoms with Crippen LogP contribution >= 0.6 is 0 Å². The minimum atomic E-state index is -0.0909. The van der Waals surface area contributed by atoms with Crippen LogP contribution in [0.1, 0.15) is 13.3 Å². The van der Waals surface area contributed by atoms with Crippen molar-refractivity contribution in [1.82, 2.24) is 5.16 Å². The lowest BCUT2D eigenvalue weighted by Gasteiger charge is -2.06. The van der Waals surface area contributed by atoms with E-state index in [0.717, 1.165) is 0 Å². The molecule has 5 nitrogen and oxygen atoms in total. The van der Waals surface area contributed by atoms with Gasteiger partial charge in [-0.2, -0.15) is 0 Å². The van der Waals surface area contributed by atoms with Crippen LogP contribution in [0, 0.1) is 5.92 Å². The molecule has 0 radical (unpaired) electrons. The average Bonchev–Trinajstić information content (AvgIpc) is 2.56. The molecule has 3 N–H and O–H groups in total. The highest BCUT2D eigenvalue weighted by atomic mass is 16.5. The summed E-state index contributed by atoms with van der Waals surface area (Å²) in [5.74, 6) is 0.535. The lowest BCUT2D eigenvalue weighted by Crippen LogP contribution is -2.20. The van der Waals surface area contributed by atoms with Gasteiger partial charge >= 0.3 is 0 Å². The van der Waals surface area contributed by atoms with Crippen LogP contribution in [0.5, 0.6) is 0 Å². The molecule has 0 aromatic carbocycles. The number of nitrogens with zero attached hydrogens (tertiary/aromatic N) is 1. The molecule has 72 valence electrons. The Morgan fingerprint density at radius 1 is 1.85 bits per heavy atom. The van der Waals surface area contributed by atoms with Crippen LogP contribution in [0.15, 0.2) is 16.9 Å². The van der Waals surface area contributed by atoms with Gasteiger partial charge in [0, 0.05) is 12.5 Å². The molecule has 1 rings (SSSR count). The van der Waals surface area contributed by atoms with Gasteiger partial charge in [-0.3, -0.25) is 4.79 Å². The maximum atomic E-state index is 11.2. The molecule has 1 aromatic heterocycles.